The van der Waals surface area contributed by atoms with Gasteiger partial charge in [0.15, 0.2) is 0 Å². The average molecular weight is 556 g/mol. The van der Waals surface area contributed by atoms with Gasteiger partial charge in [-0.25, -0.2) is 24.4 Å². The molecule has 0 radical (unpaired) electrons. The van der Waals surface area contributed by atoms with Crippen molar-refractivity contribution in [2.24, 2.45) is 7.05 Å². The van der Waals surface area contributed by atoms with Gasteiger partial charge in [0.2, 0.25) is 5.88 Å². The number of benzene rings is 1. The minimum atomic E-state index is -0.756. The highest BCUT2D eigenvalue weighted by atomic mass is 32.3. The van der Waals surface area contributed by atoms with Crippen LogP contribution in [0.15, 0.2) is 56.8 Å². The minimum Gasteiger partial charge on any atom is -0.464 e. The van der Waals surface area contributed by atoms with E-state index in [0.29, 0.717) is 51.6 Å². The van der Waals surface area contributed by atoms with Crippen molar-refractivity contribution in [2.45, 2.75) is 27.2 Å². The summed E-state index contributed by atoms with van der Waals surface area (Å²) in [5.41, 5.74) is 1.60. The number of carbonyl (C=O) groups excluding carboxylic acids is 1. The molecule has 10 nitrogen and oxygen atoms in total. The molecule has 3 aromatic heterocycles. The van der Waals surface area contributed by atoms with Crippen LogP contribution in [0.25, 0.3) is 22.2 Å². The Bertz CT molecular complexity index is 1590. The van der Waals surface area contributed by atoms with Crippen LogP contribution >= 0.6 is 10.0 Å². The zero-order chi connectivity index (χ0) is 28.3. The molecule has 0 saturated carbocycles. The standard InChI is InChI=1S/C28H33N3O7S/c1-18-25(30(3)28(34)31(27(18)33)17-35-13-14-39(4,5)6)22-8-7-21(15-20(22)16-37-19(2)32)38-26-23-10-12-36-24(23)9-11-29-26/h7-12,15H,13-14,16-17H2,1-6H3. The van der Waals surface area contributed by atoms with E-state index in [9.17, 15) is 14.4 Å². The molecule has 0 aliphatic heterocycles. The first-order valence-electron chi connectivity index (χ1n) is 12.3. The monoisotopic (exact) mass is 555 g/mol. The maximum atomic E-state index is 13.3. The maximum absolute atomic E-state index is 13.3. The maximum Gasteiger partial charge on any atom is 0.333 e. The van der Waals surface area contributed by atoms with Crippen LogP contribution in [0.4, 0.5) is 0 Å². The number of ether oxygens (including phenoxy) is 3. The van der Waals surface area contributed by atoms with Crippen LogP contribution in [0.2, 0.25) is 0 Å². The van der Waals surface area contributed by atoms with Gasteiger partial charge in [-0.3, -0.25) is 14.2 Å². The summed E-state index contributed by atoms with van der Waals surface area (Å²) in [6, 6.07) is 8.64. The molecule has 0 atom stereocenters. The molecule has 0 aliphatic carbocycles. The first-order valence-corrected chi connectivity index (χ1v) is 15.3. The van der Waals surface area contributed by atoms with Gasteiger partial charge in [0.25, 0.3) is 5.56 Å². The lowest BCUT2D eigenvalue weighted by atomic mass is 10.0. The molecular formula is C28H33N3O7S. The molecule has 0 spiro atoms. The SMILES string of the molecule is CC(=O)OCc1cc(Oc2nccc3occc23)ccc1-c1c(C)c(=O)n(COCCS(C)(C)C)c(=O)n1C. The topological polar surface area (TPSA) is 115 Å². The summed E-state index contributed by atoms with van der Waals surface area (Å²) in [5.74, 6) is 1.20. The highest BCUT2D eigenvalue weighted by molar-refractivity contribution is 8.32. The van der Waals surface area contributed by atoms with Gasteiger partial charge in [0.05, 0.1) is 24.0 Å². The van der Waals surface area contributed by atoms with Crippen LogP contribution in [-0.2, 0) is 34.7 Å². The Balaban J connectivity index is 1.72. The molecular weight excluding hydrogens is 522 g/mol. The number of esters is 1. The molecule has 0 saturated heterocycles. The smallest absolute Gasteiger partial charge is 0.333 e. The van der Waals surface area contributed by atoms with Gasteiger partial charge >= 0.3 is 11.7 Å². The Labute approximate surface area is 227 Å². The summed E-state index contributed by atoms with van der Waals surface area (Å²) in [5, 5.41) is 0.705. The molecule has 11 heteroatoms. The van der Waals surface area contributed by atoms with Crippen molar-refractivity contribution in [3.63, 3.8) is 0 Å². The summed E-state index contributed by atoms with van der Waals surface area (Å²) < 4.78 is 24.9. The van der Waals surface area contributed by atoms with Crippen LogP contribution in [0, 0.1) is 6.92 Å². The molecule has 0 bridgehead atoms. The lowest BCUT2D eigenvalue weighted by Gasteiger charge is -2.24. The van der Waals surface area contributed by atoms with Gasteiger partial charge in [-0.15, -0.1) is 0 Å². The van der Waals surface area contributed by atoms with Crippen LogP contribution < -0.4 is 16.0 Å². The van der Waals surface area contributed by atoms with Crippen molar-refractivity contribution in [1.82, 2.24) is 14.1 Å². The normalized spacial score (nSPS) is 12.1. The van der Waals surface area contributed by atoms with Crippen LogP contribution in [-0.4, -0.2) is 51.2 Å². The van der Waals surface area contributed by atoms with E-state index in [-0.39, 0.29) is 13.3 Å². The second-order valence-electron chi connectivity index (χ2n) is 10.0. The minimum absolute atomic E-state index is 0.0832. The Hall–Kier alpha value is -3.83. The van der Waals surface area contributed by atoms with Gasteiger partial charge < -0.3 is 18.6 Å². The predicted molar refractivity (Wildman–Crippen MR) is 152 cm³/mol. The molecule has 208 valence electrons. The van der Waals surface area contributed by atoms with Crippen LogP contribution in [0.3, 0.4) is 0 Å². The van der Waals surface area contributed by atoms with E-state index in [4.69, 9.17) is 18.6 Å². The van der Waals surface area contributed by atoms with Crippen molar-refractivity contribution in [3.05, 3.63) is 74.8 Å². The lowest BCUT2D eigenvalue weighted by molar-refractivity contribution is -0.142. The highest BCUT2D eigenvalue weighted by Crippen LogP contribution is 2.34. The molecule has 1 aromatic carbocycles. The summed E-state index contributed by atoms with van der Waals surface area (Å²) in [6.45, 7) is 3.23. The van der Waals surface area contributed by atoms with E-state index in [0.717, 1.165) is 10.3 Å². The summed E-state index contributed by atoms with van der Waals surface area (Å²) >= 11 is 0. The van der Waals surface area contributed by atoms with Crippen molar-refractivity contribution >= 4 is 27.0 Å². The number of rotatable bonds is 10. The second kappa shape index (κ2) is 11.5. The van der Waals surface area contributed by atoms with E-state index < -0.39 is 27.2 Å². The van der Waals surface area contributed by atoms with Gasteiger partial charge in [-0.1, -0.05) is 0 Å². The number of hydrogen-bond acceptors (Lipinski definition) is 8. The van der Waals surface area contributed by atoms with Crippen molar-refractivity contribution in [3.8, 4) is 22.9 Å². The summed E-state index contributed by atoms with van der Waals surface area (Å²) in [4.78, 5) is 42.4. The van der Waals surface area contributed by atoms with Crippen LogP contribution in [0.5, 0.6) is 11.6 Å². The average Bonchev–Trinajstić information content (AvgIpc) is 3.36. The molecule has 0 unspecified atom stereocenters. The molecule has 0 fully saturated rings. The van der Waals surface area contributed by atoms with E-state index in [1.54, 1.807) is 56.8 Å². The van der Waals surface area contributed by atoms with Crippen molar-refractivity contribution < 1.29 is 23.4 Å². The zero-order valence-corrected chi connectivity index (χ0v) is 23.8. The zero-order valence-electron chi connectivity index (χ0n) is 23.0. The molecule has 39 heavy (non-hydrogen) atoms. The summed E-state index contributed by atoms with van der Waals surface area (Å²) in [6.07, 6.45) is 9.67. The van der Waals surface area contributed by atoms with Crippen molar-refractivity contribution in [1.29, 1.82) is 0 Å². The Morgan fingerprint density at radius 1 is 1.13 bits per heavy atom. The number of fused-ring (bicyclic) bond motifs is 1. The molecule has 0 N–H and O–H groups in total. The largest absolute Gasteiger partial charge is 0.464 e. The fourth-order valence-corrected chi connectivity index (χ4v) is 4.72. The lowest BCUT2D eigenvalue weighted by Crippen LogP contribution is -2.41. The third-order valence-corrected chi connectivity index (χ3v) is 7.55. The molecule has 3 heterocycles. The van der Waals surface area contributed by atoms with E-state index in [1.165, 1.54) is 11.5 Å². The molecule has 4 rings (SSSR count). The van der Waals surface area contributed by atoms with Gasteiger partial charge in [-0.05, 0) is 56.0 Å². The Kier molecular flexibility index (Phi) is 8.31. The number of pyridine rings is 1. The molecule has 4 aromatic rings. The first kappa shape index (κ1) is 28.2. The first-order chi connectivity index (χ1) is 18.5. The number of nitrogens with zero attached hydrogens (tertiary/aromatic N) is 3. The van der Waals surface area contributed by atoms with E-state index in [2.05, 4.69) is 23.8 Å². The third kappa shape index (κ3) is 6.43. The van der Waals surface area contributed by atoms with E-state index >= 15 is 0 Å². The molecule has 0 amide bonds. The van der Waals surface area contributed by atoms with Crippen LogP contribution in [0.1, 0.15) is 18.1 Å². The summed E-state index contributed by atoms with van der Waals surface area (Å²) in [7, 11) is 0.844. The second-order valence-corrected chi connectivity index (χ2v) is 14.6. The van der Waals surface area contributed by atoms with Gasteiger partial charge in [0.1, 0.15) is 24.7 Å². The number of furan rings is 1. The fraction of sp³-hybridized carbons (Fsp3) is 0.357. The highest BCUT2D eigenvalue weighted by Gasteiger charge is 2.20. The fourth-order valence-electron chi connectivity index (χ4n) is 4.11. The number of hydrogen-bond donors (Lipinski definition) is 0. The number of aromatic nitrogens is 3. The Morgan fingerprint density at radius 2 is 1.90 bits per heavy atom. The predicted octanol–water partition coefficient (Wildman–Crippen LogP) is 4.19. The van der Waals surface area contributed by atoms with E-state index in [1.807, 2.05) is 0 Å². The van der Waals surface area contributed by atoms with Crippen molar-refractivity contribution in [2.75, 3.05) is 31.1 Å². The quantitative estimate of drug-likeness (QED) is 0.211. The third-order valence-electron chi connectivity index (χ3n) is 6.16. The van der Waals surface area contributed by atoms with Gasteiger partial charge in [0, 0.05) is 42.6 Å². The molecule has 0 aliphatic rings. The Morgan fingerprint density at radius 3 is 2.62 bits per heavy atom. The van der Waals surface area contributed by atoms with Gasteiger partial charge in [-0.2, -0.15) is 0 Å². The number of carbonyl (C=O) groups is 1.